The molecule has 29 heavy (non-hydrogen) atoms. The summed E-state index contributed by atoms with van der Waals surface area (Å²) in [6.07, 6.45) is 8.10. The molecule has 2 aromatic rings. The van der Waals surface area contributed by atoms with Gasteiger partial charge in [-0.2, -0.15) is 0 Å². The molecule has 4 rings (SSSR count). The van der Waals surface area contributed by atoms with Gasteiger partial charge in [-0.05, 0) is 82.6 Å². The lowest BCUT2D eigenvalue weighted by Crippen LogP contribution is -2.41. The molecule has 7 heteroatoms. The van der Waals surface area contributed by atoms with E-state index in [2.05, 4.69) is 15.4 Å². The number of hydrogen-bond donors (Lipinski definition) is 2. The van der Waals surface area contributed by atoms with Crippen LogP contribution in [-0.2, 0) is 4.79 Å². The van der Waals surface area contributed by atoms with Crippen LogP contribution in [-0.4, -0.2) is 48.2 Å². The third-order valence-electron chi connectivity index (χ3n) is 6.69. The third-order valence-corrected chi connectivity index (χ3v) is 6.92. The maximum atomic E-state index is 11.4. The molecular weight excluding hydrogens is 388 g/mol. The van der Waals surface area contributed by atoms with Crippen LogP contribution in [0, 0.1) is 5.92 Å². The van der Waals surface area contributed by atoms with E-state index in [1.807, 2.05) is 18.2 Å². The van der Waals surface area contributed by atoms with E-state index in [9.17, 15) is 4.79 Å². The van der Waals surface area contributed by atoms with Gasteiger partial charge in [0, 0.05) is 28.4 Å². The van der Waals surface area contributed by atoms with Crippen molar-refractivity contribution in [3.05, 3.63) is 28.9 Å². The van der Waals surface area contributed by atoms with E-state index in [-0.39, 0.29) is 12.5 Å². The summed E-state index contributed by atoms with van der Waals surface area (Å²) in [4.78, 5) is 14.0. The van der Waals surface area contributed by atoms with Gasteiger partial charge in [0.05, 0.1) is 12.2 Å². The van der Waals surface area contributed by atoms with Crippen LogP contribution in [0.2, 0.25) is 5.02 Å². The molecule has 6 nitrogen and oxygen atoms in total. The molecule has 1 aliphatic heterocycles. The second-order valence-corrected chi connectivity index (χ2v) is 9.04. The number of piperidine rings is 1. The number of nitrogens with two attached hydrogens (primary N) is 1. The number of likely N-dealkylation sites (tertiary alicyclic amines) is 1. The maximum absolute atomic E-state index is 11.4. The van der Waals surface area contributed by atoms with E-state index in [0.29, 0.717) is 17.0 Å². The Morgan fingerprint density at radius 2 is 1.97 bits per heavy atom. The molecule has 1 saturated carbocycles. The number of amides is 1. The van der Waals surface area contributed by atoms with Crippen molar-refractivity contribution in [3.8, 4) is 0 Å². The highest BCUT2D eigenvalue weighted by Crippen LogP contribution is 2.34. The molecule has 0 spiro atoms. The third kappa shape index (κ3) is 5.11. The average molecular weight is 419 g/mol. The van der Waals surface area contributed by atoms with Gasteiger partial charge in [-0.25, -0.2) is 0 Å². The molecular formula is C22H31ClN4O2. The average Bonchev–Trinajstić information content (AvgIpc) is 3.16. The molecule has 1 aromatic carbocycles. The van der Waals surface area contributed by atoms with Gasteiger partial charge in [-0.1, -0.05) is 16.8 Å². The second kappa shape index (κ2) is 9.45. The molecule has 1 amide bonds. The fourth-order valence-electron chi connectivity index (χ4n) is 4.90. The summed E-state index contributed by atoms with van der Waals surface area (Å²) < 4.78 is 5.50. The fraction of sp³-hybridized carbons (Fsp3) is 0.636. The van der Waals surface area contributed by atoms with Crippen molar-refractivity contribution in [1.29, 1.82) is 0 Å². The smallest absolute Gasteiger partial charge is 0.233 e. The van der Waals surface area contributed by atoms with E-state index < -0.39 is 0 Å². The van der Waals surface area contributed by atoms with Crippen LogP contribution in [0.1, 0.15) is 56.6 Å². The predicted molar refractivity (Wildman–Crippen MR) is 115 cm³/mol. The highest BCUT2D eigenvalue weighted by atomic mass is 35.5. The molecule has 0 radical (unpaired) electrons. The number of hydrogen-bond acceptors (Lipinski definition) is 5. The summed E-state index contributed by atoms with van der Waals surface area (Å²) in [5, 5.41) is 9.17. The normalized spacial score (nSPS) is 24.1. The summed E-state index contributed by atoms with van der Waals surface area (Å²) in [5.74, 6) is 1.22. The molecule has 0 unspecified atom stereocenters. The number of nitrogens with one attached hydrogen (secondary N) is 1. The van der Waals surface area contributed by atoms with Gasteiger partial charge in [0.25, 0.3) is 0 Å². The molecule has 3 N–H and O–H groups in total. The number of halogens is 1. The van der Waals surface area contributed by atoms with E-state index in [1.165, 1.54) is 25.8 Å². The zero-order valence-corrected chi connectivity index (χ0v) is 17.7. The molecule has 0 bridgehead atoms. The summed E-state index contributed by atoms with van der Waals surface area (Å²) in [7, 11) is 0. The molecule has 2 heterocycles. The first kappa shape index (κ1) is 20.6. The molecule has 1 aliphatic carbocycles. The minimum atomic E-state index is -0.0284. The van der Waals surface area contributed by atoms with E-state index in [1.54, 1.807) is 0 Å². The van der Waals surface area contributed by atoms with Gasteiger partial charge in [-0.3, -0.25) is 4.79 Å². The van der Waals surface area contributed by atoms with E-state index >= 15 is 0 Å². The molecule has 0 atom stereocenters. The molecule has 2 fully saturated rings. The topological polar surface area (TPSA) is 84.4 Å². The Bertz CT molecular complexity index is 823. The number of fused-ring (bicyclic) bond motifs is 1. The highest BCUT2D eigenvalue weighted by Gasteiger charge is 2.26. The SMILES string of the molecule is NCC(=O)N[C@H]1CC[C@H](CCN2CCC(c3noc4cc(Cl)ccc34)CC2)CC1. The van der Waals surface area contributed by atoms with E-state index in [4.69, 9.17) is 21.9 Å². The van der Waals surface area contributed by atoms with Crippen LogP contribution in [0.15, 0.2) is 22.7 Å². The first-order valence-electron chi connectivity index (χ1n) is 10.9. The summed E-state index contributed by atoms with van der Waals surface area (Å²) in [6.45, 7) is 3.50. The number of carbonyl (C=O) groups excluding carboxylic acids is 1. The van der Waals surface area contributed by atoms with Gasteiger partial charge in [0.1, 0.15) is 0 Å². The molecule has 1 aromatic heterocycles. The van der Waals surface area contributed by atoms with Crippen LogP contribution in [0.4, 0.5) is 0 Å². The van der Waals surface area contributed by atoms with Gasteiger partial charge in [-0.15, -0.1) is 0 Å². The molecule has 1 saturated heterocycles. The standard InChI is InChI=1S/C22H31ClN4O2/c23-17-3-6-19-20(13-17)29-26-22(19)16-8-11-27(12-9-16)10-7-15-1-4-18(5-2-15)25-21(28)14-24/h3,6,13,15-16,18H,1-2,4-5,7-12,14,24H2,(H,25,28)/t15-,18-. The van der Waals surface area contributed by atoms with Gasteiger partial charge in [0.15, 0.2) is 5.58 Å². The Morgan fingerprint density at radius 1 is 1.21 bits per heavy atom. The number of benzene rings is 1. The molecule has 2 aliphatic rings. The van der Waals surface area contributed by atoms with Crippen molar-refractivity contribution < 1.29 is 9.32 Å². The lowest BCUT2D eigenvalue weighted by Gasteiger charge is -2.34. The molecule has 158 valence electrons. The zero-order valence-electron chi connectivity index (χ0n) is 16.9. The van der Waals surface area contributed by atoms with Crippen molar-refractivity contribution in [2.24, 2.45) is 11.7 Å². The minimum absolute atomic E-state index is 0.0284. The van der Waals surface area contributed by atoms with Gasteiger partial charge < -0.3 is 20.5 Å². The van der Waals surface area contributed by atoms with E-state index in [0.717, 1.165) is 61.4 Å². The fourth-order valence-corrected chi connectivity index (χ4v) is 5.06. The first-order chi connectivity index (χ1) is 14.1. The predicted octanol–water partition coefficient (Wildman–Crippen LogP) is 3.68. The zero-order chi connectivity index (χ0) is 20.2. The van der Waals surface area contributed by atoms with Crippen molar-refractivity contribution in [1.82, 2.24) is 15.4 Å². The van der Waals surface area contributed by atoms with Gasteiger partial charge >= 0.3 is 0 Å². The Hall–Kier alpha value is -1.63. The van der Waals surface area contributed by atoms with Crippen molar-refractivity contribution in [3.63, 3.8) is 0 Å². The van der Waals surface area contributed by atoms with Crippen LogP contribution >= 0.6 is 11.6 Å². The minimum Gasteiger partial charge on any atom is -0.356 e. The number of aromatic nitrogens is 1. The van der Waals surface area contributed by atoms with Crippen LogP contribution in [0.25, 0.3) is 11.0 Å². The van der Waals surface area contributed by atoms with Crippen molar-refractivity contribution in [2.75, 3.05) is 26.2 Å². The largest absolute Gasteiger partial charge is 0.356 e. The number of nitrogens with zero attached hydrogens (tertiary/aromatic N) is 2. The van der Waals surface area contributed by atoms with Gasteiger partial charge in [0.2, 0.25) is 5.91 Å². The van der Waals surface area contributed by atoms with Crippen LogP contribution in [0.3, 0.4) is 0 Å². The quantitative estimate of drug-likeness (QED) is 0.747. The lowest BCUT2D eigenvalue weighted by atomic mass is 9.83. The van der Waals surface area contributed by atoms with Crippen LogP contribution in [0.5, 0.6) is 0 Å². The Morgan fingerprint density at radius 3 is 2.69 bits per heavy atom. The van der Waals surface area contributed by atoms with Crippen molar-refractivity contribution in [2.45, 2.75) is 56.9 Å². The Balaban J connectivity index is 1.20. The summed E-state index contributed by atoms with van der Waals surface area (Å²) in [5.41, 5.74) is 7.27. The Labute approximate surface area is 177 Å². The first-order valence-corrected chi connectivity index (χ1v) is 11.3. The van der Waals surface area contributed by atoms with Crippen molar-refractivity contribution >= 4 is 28.5 Å². The Kier molecular flexibility index (Phi) is 6.73. The lowest BCUT2D eigenvalue weighted by molar-refractivity contribution is -0.120. The highest BCUT2D eigenvalue weighted by molar-refractivity contribution is 6.31. The second-order valence-electron chi connectivity index (χ2n) is 8.60. The summed E-state index contributed by atoms with van der Waals surface area (Å²) >= 11 is 6.05. The number of rotatable bonds is 6. The number of carbonyl (C=O) groups is 1. The monoisotopic (exact) mass is 418 g/mol. The maximum Gasteiger partial charge on any atom is 0.233 e. The summed E-state index contributed by atoms with van der Waals surface area (Å²) in [6, 6.07) is 6.11. The van der Waals surface area contributed by atoms with Crippen LogP contribution < -0.4 is 11.1 Å².